The number of rotatable bonds is 8. The molecule has 2 N–H and O–H groups in total. The summed E-state index contributed by atoms with van der Waals surface area (Å²) in [6, 6.07) is 8.30. The first-order valence-corrected chi connectivity index (χ1v) is 9.26. The van der Waals surface area contributed by atoms with Gasteiger partial charge in [0.1, 0.15) is 5.82 Å². The van der Waals surface area contributed by atoms with E-state index < -0.39 is 11.9 Å². The average Bonchev–Trinajstić information content (AvgIpc) is 2.58. The third-order valence-electron chi connectivity index (χ3n) is 3.42. The Morgan fingerprint density at radius 2 is 1.92 bits per heavy atom. The van der Waals surface area contributed by atoms with E-state index >= 15 is 0 Å². The van der Waals surface area contributed by atoms with Crippen molar-refractivity contribution in [2.24, 2.45) is 0 Å². The van der Waals surface area contributed by atoms with Crippen molar-refractivity contribution in [1.82, 2.24) is 14.9 Å². The van der Waals surface area contributed by atoms with Gasteiger partial charge in [-0.1, -0.05) is 6.07 Å². The summed E-state index contributed by atoms with van der Waals surface area (Å²) in [5.41, 5.74) is -0.312. The standard InChI is InChI=1S/C17H22F3N5S/c1-25(2)9-5-8-21-16-23-14(17(18,19)20)11-15(24-16)22-12-6-4-7-13(10-12)26-3/h4,6-7,10-11H,5,8-9H2,1-3H3,(H2,21,22,23,24). The number of alkyl halides is 3. The lowest BCUT2D eigenvalue weighted by atomic mass is 10.3. The summed E-state index contributed by atoms with van der Waals surface area (Å²) in [4.78, 5) is 10.8. The Labute approximate surface area is 155 Å². The van der Waals surface area contributed by atoms with Gasteiger partial charge in [-0.05, 0) is 51.5 Å². The molecule has 1 aromatic carbocycles. The van der Waals surface area contributed by atoms with Crippen molar-refractivity contribution in [2.45, 2.75) is 17.5 Å². The maximum atomic E-state index is 13.1. The summed E-state index contributed by atoms with van der Waals surface area (Å²) < 4.78 is 39.4. The molecule has 9 heteroatoms. The highest BCUT2D eigenvalue weighted by Crippen LogP contribution is 2.30. The SMILES string of the molecule is CSc1cccc(Nc2cc(C(F)(F)F)nc(NCCCN(C)C)n2)c1. The van der Waals surface area contributed by atoms with Gasteiger partial charge in [-0.2, -0.15) is 18.2 Å². The van der Waals surface area contributed by atoms with Crippen molar-refractivity contribution >= 4 is 29.2 Å². The van der Waals surface area contributed by atoms with Gasteiger partial charge in [-0.15, -0.1) is 11.8 Å². The van der Waals surface area contributed by atoms with Crippen LogP contribution < -0.4 is 10.6 Å². The Hall–Kier alpha value is -2.00. The molecule has 2 rings (SSSR count). The zero-order chi connectivity index (χ0) is 19.2. The van der Waals surface area contributed by atoms with Crippen LogP contribution in [-0.2, 0) is 6.18 Å². The highest BCUT2D eigenvalue weighted by Gasteiger charge is 2.33. The van der Waals surface area contributed by atoms with Crippen molar-refractivity contribution in [3.05, 3.63) is 36.0 Å². The Bertz CT molecular complexity index is 722. The third kappa shape index (κ3) is 6.38. The molecule has 0 amide bonds. The fourth-order valence-corrected chi connectivity index (χ4v) is 2.64. The van der Waals surface area contributed by atoms with Gasteiger partial charge in [0.15, 0.2) is 5.69 Å². The Morgan fingerprint density at radius 1 is 1.15 bits per heavy atom. The lowest BCUT2D eigenvalue weighted by Crippen LogP contribution is -2.18. The first kappa shape index (κ1) is 20.3. The number of halogens is 3. The predicted octanol–water partition coefficient (Wildman–Crippen LogP) is 4.32. The van der Waals surface area contributed by atoms with Gasteiger partial charge in [-0.3, -0.25) is 0 Å². The maximum absolute atomic E-state index is 13.1. The summed E-state index contributed by atoms with van der Waals surface area (Å²) in [6.45, 7) is 1.30. The van der Waals surface area contributed by atoms with Gasteiger partial charge < -0.3 is 15.5 Å². The summed E-state index contributed by atoms with van der Waals surface area (Å²) in [5, 5.41) is 5.80. The molecular formula is C17H22F3N5S. The van der Waals surface area contributed by atoms with Crippen LogP contribution in [0, 0.1) is 0 Å². The van der Waals surface area contributed by atoms with Crippen LogP contribution in [0.4, 0.5) is 30.6 Å². The molecule has 0 saturated heterocycles. The van der Waals surface area contributed by atoms with E-state index in [4.69, 9.17) is 0 Å². The monoisotopic (exact) mass is 385 g/mol. The maximum Gasteiger partial charge on any atom is 0.433 e. The molecule has 0 atom stereocenters. The van der Waals surface area contributed by atoms with E-state index in [-0.39, 0.29) is 11.8 Å². The lowest BCUT2D eigenvalue weighted by Gasteiger charge is -2.14. The topological polar surface area (TPSA) is 53.1 Å². The second-order valence-corrected chi connectivity index (χ2v) is 6.78. The van der Waals surface area contributed by atoms with Crippen LogP contribution in [0.3, 0.4) is 0 Å². The third-order valence-corrected chi connectivity index (χ3v) is 4.15. The average molecular weight is 385 g/mol. The van der Waals surface area contributed by atoms with E-state index in [2.05, 4.69) is 20.6 Å². The molecule has 26 heavy (non-hydrogen) atoms. The minimum Gasteiger partial charge on any atom is -0.354 e. The van der Waals surface area contributed by atoms with Crippen LogP contribution in [-0.4, -0.2) is 48.3 Å². The smallest absolute Gasteiger partial charge is 0.354 e. The summed E-state index contributed by atoms with van der Waals surface area (Å²) in [7, 11) is 3.87. The zero-order valence-electron chi connectivity index (χ0n) is 14.9. The number of aromatic nitrogens is 2. The van der Waals surface area contributed by atoms with Crippen LogP contribution in [0.25, 0.3) is 0 Å². The molecule has 142 valence electrons. The number of nitrogens with one attached hydrogen (secondary N) is 2. The predicted molar refractivity (Wildman–Crippen MR) is 100 cm³/mol. The number of nitrogens with zero attached hydrogens (tertiary/aromatic N) is 3. The molecule has 0 radical (unpaired) electrons. The highest BCUT2D eigenvalue weighted by atomic mass is 32.2. The van der Waals surface area contributed by atoms with Gasteiger partial charge in [0.2, 0.25) is 5.95 Å². The molecule has 0 aliphatic carbocycles. The van der Waals surface area contributed by atoms with Gasteiger partial charge >= 0.3 is 6.18 Å². The largest absolute Gasteiger partial charge is 0.433 e. The fourth-order valence-electron chi connectivity index (χ4n) is 2.18. The van der Waals surface area contributed by atoms with Gasteiger partial charge in [0.05, 0.1) is 0 Å². The molecule has 0 fully saturated rings. The molecule has 0 unspecified atom stereocenters. The normalized spacial score (nSPS) is 11.7. The molecule has 0 aliphatic rings. The van der Waals surface area contributed by atoms with Gasteiger partial charge in [0.25, 0.3) is 0 Å². The summed E-state index contributed by atoms with van der Waals surface area (Å²) in [5.74, 6) is 0.0581. The van der Waals surface area contributed by atoms with Crippen molar-refractivity contribution in [3.8, 4) is 0 Å². The molecular weight excluding hydrogens is 363 g/mol. The minimum atomic E-state index is -4.54. The second kappa shape index (κ2) is 9.09. The van der Waals surface area contributed by atoms with E-state index in [1.165, 1.54) is 0 Å². The van der Waals surface area contributed by atoms with Crippen LogP contribution in [0.1, 0.15) is 12.1 Å². The first-order valence-electron chi connectivity index (χ1n) is 8.04. The summed E-state index contributed by atoms with van der Waals surface area (Å²) >= 11 is 1.55. The van der Waals surface area contributed by atoms with Crippen molar-refractivity contribution < 1.29 is 13.2 Å². The summed E-state index contributed by atoms with van der Waals surface area (Å²) in [6.07, 6.45) is -1.84. The molecule has 0 bridgehead atoms. The second-order valence-electron chi connectivity index (χ2n) is 5.90. The highest BCUT2D eigenvalue weighted by molar-refractivity contribution is 7.98. The molecule has 5 nitrogen and oxygen atoms in total. The number of anilines is 3. The quantitative estimate of drug-likeness (QED) is 0.521. The van der Waals surface area contributed by atoms with E-state index in [1.54, 1.807) is 17.8 Å². The molecule has 1 heterocycles. The van der Waals surface area contributed by atoms with Crippen LogP contribution in [0.15, 0.2) is 35.2 Å². The Balaban J connectivity index is 2.19. The van der Waals surface area contributed by atoms with Gasteiger partial charge in [-0.25, -0.2) is 4.98 Å². The van der Waals surface area contributed by atoms with Crippen LogP contribution in [0.2, 0.25) is 0 Å². The van der Waals surface area contributed by atoms with Crippen molar-refractivity contribution in [1.29, 1.82) is 0 Å². The molecule has 0 spiro atoms. The lowest BCUT2D eigenvalue weighted by molar-refractivity contribution is -0.141. The molecule has 0 aliphatic heterocycles. The number of thioether (sulfide) groups is 1. The van der Waals surface area contributed by atoms with E-state index in [9.17, 15) is 13.2 Å². The van der Waals surface area contributed by atoms with Crippen molar-refractivity contribution in [2.75, 3.05) is 44.1 Å². The number of hydrogen-bond acceptors (Lipinski definition) is 6. The Kier molecular flexibility index (Phi) is 7.10. The number of benzene rings is 1. The number of hydrogen-bond donors (Lipinski definition) is 2. The van der Waals surface area contributed by atoms with E-state index in [1.807, 2.05) is 43.5 Å². The molecule has 1 aromatic heterocycles. The van der Waals surface area contributed by atoms with E-state index in [0.717, 1.165) is 23.9 Å². The van der Waals surface area contributed by atoms with Crippen LogP contribution >= 0.6 is 11.8 Å². The van der Waals surface area contributed by atoms with E-state index in [0.29, 0.717) is 12.2 Å². The van der Waals surface area contributed by atoms with Crippen molar-refractivity contribution in [3.63, 3.8) is 0 Å². The van der Waals surface area contributed by atoms with Crippen LogP contribution in [0.5, 0.6) is 0 Å². The van der Waals surface area contributed by atoms with Gasteiger partial charge in [0, 0.05) is 23.2 Å². The first-order chi connectivity index (χ1) is 12.3. The molecule has 2 aromatic rings. The zero-order valence-corrected chi connectivity index (χ0v) is 15.7. The Morgan fingerprint density at radius 3 is 2.58 bits per heavy atom. The minimum absolute atomic E-state index is 0.0397. The fraction of sp³-hybridized carbons (Fsp3) is 0.412. The molecule has 0 saturated carbocycles.